The van der Waals surface area contributed by atoms with Crippen molar-refractivity contribution in [3.05, 3.63) is 41.7 Å². The van der Waals surface area contributed by atoms with Gasteiger partial charge in [0.1, 0.15) is 0 Å². The van der Waals surface area contributed by atoms with Crippen molar-refractivity contribution in [3.8, 4) is 5.69 Å². The first-order valence-electron chi connectivity index (χ1n) is 7.56. The van der Waals surface area contributed by atoms with E-state index >= 15 is 0 Å². The molecule has 0 radical (unpaired) electrons. The zero-order chi connectivity index (χ0) is 15.4. The van der Waals surface area contributed by atoms with Crippen LogP contribution >= 0.6 is 0 Å². The number of nitrogens with zero attached hydrogens (tertiary/aromatic N) is 3. The molecule has 1 fully saturated rings. The molecule has 2 heterocycles. The van der Waals surface area contributed by atoms with Crippen LogP contribution in [0, 0.1) is 0 Å². The van der Waals surface area contributed by atoms with Gasteiger partial charge in [-0.25, -0.2) is 9.48 Å². The van der Waals surface area contributed by atoms with Gasteiger partial charge >= 0.3 is 5.97 Å². The maximum absolute atomic E-state index is 12.0. The predicted octanol–water partition coefficient (Wildman–Crippen LogP) is 2.34. The van der Waals surface area contributed by atoms with Crippen molar-refractivity contribution in [2.45, 2.75) is 25.7 Å². The van der Waals surface area contributed by atoms with E-state index in [1.807, 2.05) is 24.4 Å². The van der Waals surface area contributed by atoms with Gasteiger partial charge in [0.25, 0.3) is 0 Å². The van der Waals surface area contributed by atoms with E-state index in [-0.39, 0.29) is 5.97 Å². The highest BCUT2D eigenvalue weighted by molar-refractivity contribution is 5.93. The maximum atomic E-state index is 12.0. The second-order valence-corrected chi connectivity index (χ2v) is 5.21. The SMILES string of the molecule is CCOC(=O)c1ccccc1-n1cc(C2CCOCC2)nn1. The van der Waals surface area contributed by atoms with Crippen molar-refractivity contribution in [1.29, 1.82) is 0 Å². The lowest BCUT2D eigenvalue weighted by molar-refractivity contribution is 0.0526. The van der Waals surface area contributed by atoms with Crippen LogP contribution in [0.4, 0.5) is 0 Å². The lowest BCUT2D eigenvalue weighted by Gasteiger charge is -2.19. The smallest absolute Gasteiger partial charge is 0.340 e. The van der Waals surface area contributed by atoms with Crippen LogP contribution in [0.5, 0.6) is 0 Å². The summed E-state index contributed by atoms with van der Waals surface area (Å²) in [6, 6.07) is 7.26. The van der Waals surface area contributed by atoms with Gasteiger partial charge in [0.15, 0.2) is 0 Å². The molecule has 2 aromatic rings. The predicted molar refractivity (Wildman–Crippen MR) is 80.1 cm³/mol. The summed E-state index contributed by atoms with van der Waals surface area (Å²) < 4.78 is 12.1. The van der Waals surface area contributed by atoms with Gasteiger partial charge in [-0.15, -0.1) is 5.10 Å². The minimum Gasteiger partial charge on any atom is -0.462 e. The number of aromatic nitrogens is 3. The third-order valence-electron chi connectivity index (χ3n) is 3.80. The number of carbonyl (C=O) groups is 1. The highest BCUT2D eigenvalue weighted by Gasteiger charge is 2.20. The third-order valence-corrected chi connectivity index (χ3v) is 3.80. The van der Waals surface area contributed by atoms with Crippen LogP contribution < -0.4 is 0 Å². The van der Waals surface area contributed by atoms with E-state index in [0.717, 1.165) is 31.7 Å². The number of para-hydroxylation sites is 1. The average molecular weight is 301 g/mol. The molecule has 6 nitrogen and oxygen atoms in total. The van der Waals surface area contributed by atoms with Crippen LogP contribution in [0.3, 0.4) is 0 Å². The molecule has 1 aliphatic rings. The first-order valence-corrected chi connectivity index (χ1v) is 7.56. The van der Waals surface area contributed by atoms with Gasteiger partial charge in [-0.05, 0) is 31.9 Å². The van der Waals surface area contributed by atoms with Gasteiger partial charge in [-0.1, -0.05) is 17.3 Å². The molecule has 22 heavy (non-hydrogen) atoms. The van der Waals surface area contributed by atoms with E-state index < -0.39 is 0 Å². The number of benzene rings is 1. The lowest BCUT2D eigenvalue weighted by Crippen LogP contribution is -2.14. The molecule has 0 spiro atoms. The Hall–Kier alpha value is -2.21. The van der Waals surface area contributed by atoms with E-state index in [0.29, 0.717) is 23.8 Å². The Bertz CT molecular complexity index is 648. The number of ether oxygens (including phenoxy) is 2. The molecule has 6 heteroatoms. The van der Waals surface area contributed by atoms with Crippen LogP contribution in [0.1, 0.15) is 41.7 Å². The molecule has 1 aliphatic heterocycles. The van der Waals surface area contributed by atoms with E-state index in [2.05, 4.69) is 10.3 Å². The van der Waals surface area contributed by atoms with E-state index in [1.54, 1.807) is 17.7 Å². The van der Waals surface area contributed by atoms with Crippen LogP contribution in [-0.2, 0) is 9.47 Å². The van der Waals surface area contributed by atoms with Crippen molar-refractivity contribution >= 4 is 5.97 Å². The highest BCUT2D eigenvalue weighted by atomic mass is 16.5. The highest BCUT2D eigenvalue weighted by Crippen LogP contribution is 2.25. The van der Waals surface area contributed by atoms with Crippen molar-refractivity contribution in [1.82, 2.24) is 15.0 Å². The number of esters is 1. The molecule has 0 bridgehead atoms. The van der Waals surface area contributed by atoms with Gasteiger partial charge in [-0.2, -0.15) is 0 Å². The van der Waals surface area contributed by atoms with Gasteiger partial charge in [0.2, 0.25) is 0 Å². The topological polar surface area (TPSA) is 66.2 Å². The molecule has 0 unspecified atom stereocenters. The molecule has 0 saturated carbocycles. The Morgan fingerprint density at radius 2 is 2.14 bits per heavy atom. The summed E-state index contributed by atoms with van der Waals surface area (Å²) in [6.07, 6.45) is 3.81. The first-order chi connectivity index (χ1) is 10.8. The Balaban J connectivity index is 1.88. The summed E-state index contributed by atoms with van der Waals surface area (Å²) in [5.41, 5.74) is 2.13. The Labute approximate surface area is 129 Å². The normalized spacial score (nSPS) is 15.7. The summed E-state index contributed by atoms with van der Waals surface area (Å²) in [5.74, 6) is 0.0264. The molecule has 1 aromatic carbocycles. The van der Waals surface area contributed by atoms with E-state index in [1.165, 1.54) is 0 Å². The molecule has 3 rings (SSSR count). The maximum Gasteiger partial charge on any atom is 0.340 e. The molecule has 116 valence electrons. The molecular formula is C16H19N3O3. The van der Waals surface area contributed by atoms with Crippen LogP contribution in [0.15, 0.2) is 30.5 Å². The number of hydrogen-bond acceptors (Lipinski definition) is 5. The first kappa shape index (κ1) is 14.7. The monoisotopic (exact) mass is 301 g/mol. The Morgan fingerprint density at radius 3 is 2.91 bits per heavy atom. The van der Waals surface area contributed by atoms with Crippen LogP contribution in [0.2, 0.25) is 0 Å². The molecule has 1 aromatic heterocycles. The molecule has 0 amide bonds. The van der Waals surface area contributed by atoms with E-state index in [9.17, 15) is 4.79 Å². The zero-order valence-corrected chi connectivity index (χ0v) is 12.6. The fraction of sp³-hybridized carbons (Fsp3) is 0.438. The molecule has 0 atom stereocenters. The molecular weight excluding hydrogens is 282 g/mol. The standard InChI is InChI=1S/C16H19N3O3/c1-2-22-16(20)13-5-3-4-6-15(13)19-11-14(17-18-19)12-7-9-21-10-8-12/h3-6,11-12H,2,7-10H2,1H3. The second kappa shape index (κ2) is 6.70. The fourth-order valence-electron chi connectivity index (χ4n) is 2.63. The minimum atomic E-state index is -0.346. The summed E-state index contributed by atoms with van der Waals surface area (Å²) in [7, 11) is 0. The quantitative estimate of drug-likeness (QED) is 0.811. The zero-order valence-electron chi connectivity index (χ0n) is 12.6. The Morgan fingerprint density at radius 1 is 1.36 bits per heavy atom. The van der Waals surface area contributed by atoms with Crippen LogP contribution in [-0.4, -0.2) is 40.8 Å². The summed E-state index contributed by atoms with van der Waals surface area (Å²) >= 11 is 0. The van der Waals surface area contributed by atoms with Crippen molar-refractivity contribution in [2.24, 2.45) is 0 Å². The summed E-state index contributed by atoms with van der Waals surface area (Å²) in [5, 5.41) is 8.45. The van der Waals surface area contributed by atoms with Gasteiger partial charge in [0.05, 0.1) is 29.7 Å². The average Bonchev–Trinajstić information content (AvgIpc) is 3.06. The number of rotatable bonds is 4. The number of hydrogen-bond donors (Lipinski definition) is 0. The van der Waals surface area contributed by atoms with Crippen molar-refractivity contribution < 1.29 is 14.3 Å². The van der Waals surface area contributed by atoms with E-state index in [4.69, 9.17) is 9.47 Å². The molecule has 1 saturated heterocycles. The Kier molecular flexibility index (Phi) is 4.48. The van der Waals surface area contributed by atoms with Crippen molar-refractivity contribution in [3.63, 3.8) is 0 Å². The molecule has 0 N–H and O–H groups in total. The molecule has 0 aliphatic carbocycles. The number of carbonyl (C=O) groups excluding carboxylic acids is 1. The summed E-state index contributed by atoms with van der Waals surface area (Å²) in [4.78, 5) is 12.0. The van der Waals surface area contributed by atoms with Gasteiger partial charge in [-0.3, -0.25) is 0 Å². The van der Waals surface area contributed by atoms with Gasteiger partial charge < -0.3 is 9.47 Å². The second-order valence-electron chi connectivity index (χ2n) is 5.21. The van der Waals surface area contributed by atoms with Crippen LogP contribution in [0.25, 0.3) is 5.69 Å². The van der Waals surface area contributed by atoms with Gasteiger partial charge in [0, 0.05) is 19.1 Å². The lowest BCUT2D eigenvalue weighted by atomic mass is 9.97. The summed E-state index contributed by atoms with van der Waals surface area (Å²) in [6.45, 7) is 3.66. The fourth-order valence-corrected chi connectivity index (χ4v) is 2.63. The third kappa shape index (κ3) is 3.01. The largest absolute Gasteiger partial charge is 0.462 e. The minimum absolute atomic E-state index is 0.345. The van der Waals surface area contributed by atoms with Crippen molar-refractivity contribution in [2.75, 3.05) is 19.8 Å².